The van der Waals surface area contributed by atoms with Gasteiger partial charge in [-0.2, -0.15) is 13.2 Å². The van der Waals surface area contributed by atoms with Crippen molar-refractivity contribution in [1.29, 1.82) is 0 Å². The van der Waals surface area contributed by atoms with Crippen LogP contribution < -0.4 is 0 Å². The van der Waals surface area contributed by atoms with E-state index in [1.165, 1.54) is 6.07 Å². The predicted molar refractivity (Wildman–Crippen MR) is 63.7 cm³/mol. The average Bonchev–Trinajstić information content (AvgIpc) is 2.30. The Hall–Kier alpha value is -1.80. The number of carbonyl (C=O) groups excluding carboxylic acids is 1. The van der Waals surface area contributed by atoms with Gasteiger partial charge in [0, 0.05) is 12.1 Å². The molecule has 20 heavy (non-hydrogen) atoms. The minimum Gasteiger partial charge on any atom is -0.504 e. The molecule has 0 bridgehead atoms. The second-order valence-electron chi connectivity index (χ2n) is 4.18. The monoisotopic (exact) mass is 293 g/mol. The first-order valence-corrected chi connectivity index (χ1v) is 5.68. The number of alkyl halides is 3. The van der Waals surface area contributed by atoms with E-state index in [9.17, 15) is 23.1 Å². The number of Topliss-reactive ketones (excluding diaryl/α,β-unsaturated/α-hetero) is 1. The number of halogens is 3. The molecule has 0 aromatic heterocycles. The molecule has 1 rings (SSSR count). The van der Waals surface area contributed by atoms with Crippen LogP contribution in [0.4, 0.5) is 13.2 Å². The molecule has 112 valence electrons. The van der Waals surface area contributed by atoms with Gasteiger partial charge in [0.15, 0.2) is 17.3 Å². The number of phenolic OH excluding ortho intramolecular Hbond substituents is 2. The molecule has 0 spiro atoms. The minimum atomic E-state index is -4.48. The van der Waals surface area contributed by atoms with Crippen LogP contribution in [0.15, 0.2) is 18.2 Å². The van der Waals surface area contributed by atoms with E-state index < -0.39 is 43.2 Å². The highest BCUT2D eigenvalue weighted by Crippen LogP contribution is 2.25. The van der Waals surface area contributed by atoms with E-state index in [1.807, 2.05) is 0 Å². The van der Waals surface area contributed by atoms with Gasteiger partial charge in [-0.1, -0.05) is 0 Å². The number of aromatic hydroxyl groups is 2. The average molecular weight is 293 g/mol. The van der Waals surface area contributed by atoms with Crippen molar-refractivity contribution in [3.63, 3.8) is 0 Å². The fraction of sp³-hybridized carbons (Fsp3) is 0.417. The molecular weight excluding hydrogens is 279 g/mol. The fourth-order valence-corrected chi connectivity index (χ4v) is 1.60. The van der Waals surface area contributed by atoms with Gasteiger partial charge >= 0.3 is 6.18 Å². The Bertz CT molecular complexity index is 476. The maximum Gasteiger partial charge on any atom is 0.401 e. The lowest BCUT2D eigenvalue weighted by molar-refractivity contribution is -0.145. The molecule has 0 atom stereocenters. The lowest BCUT2D eigenvalue weighted by Gasteiger charge is -2.21. The van der Waals surface area contributed by atoms with E-state index >= 15 is 0 Å². The molecule has 0 amide bonds. The number of hydrogen-bond donors (Lipinski definition) is 3. The number of phenols is 2. The summed E-state index contributed by atoms with van der Waals surface area (Å²) in [4.78, 5) is 12.6. The number of ketones is 1. The molecule has 0 unspecified atom stereocenters. The zero-order chi connectivity index (χ0) is 15.3. The number of aliphatic hydroxyl groups excluding tert-OH is 1. The molecule has 0 aliphatic heterocycles. The van der Waals surface area contributed by atoms with E-state index in [1.54, 1.807) is 0 Å². The molecule has 5 nitrogen and oxygen atoms in total. The van der Waals surface area contributed by atoms with Crippen molar-refractivity contribution in [2.45, 2.75) is 6.18 Å². The number of aliphatic hydroxyl groups is 1. The van der Waals surface area contributed by atoms with Crippen molar-refractivity contribution in [3.05, 3.63) is 23.8 Å². The van der Waals surface area contributed by atoms with Crippen molar-refractivity contribution in [2.24, 2.45) is 0 Å². The Kier molecular flexibility index (Phi) is 5.34. The number of carbonyl (C=O) groups is 1. The quantitative estimate of drug-likeness (QED) is 0.541. The lowest BCUT2D eigenvalue weighted by Crippen LogP contribution is -2.39. The third-order valence-electron chi connectivity index (χ3n) is 2.48. The molecular formula is C12H14F3NO4. The Balaban J connectivity index is 2.77. The molecule has 1 aromatic rings. The molecule has 0 aliphatic rings. The van der Waals surface area contributed by atoms with Gasteiger partial charge in [-0.3, -0.25) is 9.69 Å². The van der Waals surface area contributed by atoms with E-state index in [2.05, 4.69) is 0 Å². The first-order chi connectivity index (χ1) is 9.23. The van der Waals surface area contributed by atoms with Gasteiger partial charge in [0.25, 0.3) is 0 Å². The summed E-state index contributed by atoms with van der Waals surface area (Å²) < 4.78 is 36.9. The summed E-state index contributed by atoms with van der Waals surface area (Å²) in [5, 5.41) is 27.0. The summed E-state index contributed by atoms with van der Waals surface area (Å²) >= 11 is 0. The van der Waals surface area contributed by atoms with E-state index in [0.717, 1.165) is 17.0 Å². The minimum absolute atomic E-state index is 0.0228. The van der Waals surface area contributed by atoms with Crippen molar-refractivity contribution in [3.8, 4) is 11.5 Å². The topological polar surface area (TPSA) is 81.0 Å². The Morgan fingerprint density at radius 2 is 1.85 bits per heavy atom. The SMILES string of the molecule is O=C(CN(CCO)CC(F)(F)F)c1ccc(O)c(O)c1. The molecule has 1 aromatic carbocycles. The van der Waals surface area contributed by atoms with Crippen LogP contribution in [0, 0.1) is 0 Å². The van der Waals surface area contributed by atoms with Gasteiger partial charge < -0.3 is 15.3 Å². The second-order valence-corrected chi connectivity index (χ2v) is 4.18. The van der Waals surface area contributed by atoms with Crippen LogP contribution in [0.3, 0.4) is 0 Å². The molecule has 0 radical (unpaired) electrons. The number of rotatable bonds is 6. The van der Waals surface area contributed by atoms with Gasteiger partial charge in [0.05, 0.1) is 19.7 Å². The van der Waals surface area contributed by atoms with Crippen LogP contribution in [0.25, 0.3) is 0 Å². The van der Waals surface area contributed by atoms with Crippen molar-refractivity contribution in [2.75, 3.05) is 26.2 Å². The zero-order valence-corrected chi connectivity index (χ0v) is 10.4. The Labute approximate surface area is 112 Å². The highest BCUT2D eigenvalue weighted by Gasteiger charge is 2.31. The van der Waals surface area contributed by atoms with E-state index in [0.29, 0.717) is 0 Å². The van der Waals surface area contributed by atoms with Crippen LogP contribution >= 0.6 is 0 Å². The van der Waals surface area contributed by atoms with E-state index in [4.69, 9.17) is 10.2 Å². The summed E-state index contributed by atoms with van der Waals surface area (Å²) in [6.45, 7) is -2.67. The van der Waals surface area contributed by atoms with Crippen LogP contribution in [0.5, 0.6) is 11.5 Å². The van der Waals surface area contributed by atoms with Crippen LogP contribution in [0.1, 0.15) is 10.4 Å². The summed E-state index contributed by atoms with van der Waals surface area (Å²) in [6, 6.07) is 3.24. The predicted octanol–water partition coefficient (Wildman–Crippen LogP) is 1.14. The summed E-state index contributed by atoms with van der Waals surface area (Å²) in [5.41, 5.74) is -0.0228. The molecule has 0 fully saturated rings. The fourth-order valence-electron chi connectivity index (χ4n) is 1.60. The Morgan fingerprint density at radius 1 is 1.20 bits per heavy atom. The summed E-state index contributed by atoms with van der Waals surface area (Å²) in [7, 11) is 0. The maximum atomic E-state index is 12.3. The number of nitrogens with zero attached hydrogens (tertiary/aromatic N) is 1. The molecule has 0 aliphatic carbocycles. The third kappa shape index (κ3) is 5.06. The van der Waals surface area contributed by atoms with Crippen molar-refractivity contribution < 1.29 is 33.3 Å². The number of hydrogen-bond acceptors (Lipinski definition) is 5. The molecule has 0 saturated carbocycles. The third-order valence-corrected chi connectivity index (χ3v) is 2.48. The highest BCUT2D eigenvalue weighted by atomic mass is 19.4. The van der Waals surface area contributed by atoms with Crippen molar-refractivity contribution >= 4 is 5.78 Å². The summed E-state index contributed by atoms with van der Waals surface area (Å²) in [5.74, 6) is -1.61. The Morgan fingerprint density at radius 3 is 2.35 bits per heavy atom. The van der Waals surface area contributed by atoms with Crippen LogP contribution in [0.2, 0.25) is 0 Å². The largest absolute Gasteiger partial charge is 0.504 e. The molecule has 0 heterocycles. The van der Waals surface area contributed by atoms with E-state index in [-0.39, 0.29) is 12.1 Å². The van der Waals surface area contributed by atoms with Crippen LogP contribution in [-0.4, -0.2) is 58.4 Å². The molecule has 8 heteroatoms. The van der Waals surface area contributed by atoms with Gasteiger partial charge in [-0.25, -0.2) is 0 Å². The van der Waals surface area contributed by atoms with Crippen LogP contribution in [-0.2, 0) is 0 Å². The normalized spacial score (nSPS) is 11.8. The van der Waals surface area contributed by atoms with Crippen molar-refractivity contribution in [1.82, 2.24) is 4.90 Å². The van der Waals surface area contributed by atoms with Gasteiger partial charge in [0.2, 0.25) is 0 Å². The number of benzene rings is 1. The standard InChI is InChI=1S/C12H14F3NO4/c13-12(14,15)7-16(3-4-17)6-11(20)8-1-2-9(18)10(19)5-8/h1-2,5,17-19H,3-4,6-7H2. The maximum absolute atomic E-state index is 12.3. The smallest absolute Gasteiger partial charge is 0.401 e. The first kappa shape index (κ1) is 16.3. The van der Waals surface area contributed by atoms with Gasteiger partial charge in [-0.15, -0.1) is 0 Å². The highest BCUT2D eigenvalue weighted by molar-refractivity contribution is 5.98. The second kappa shape index (κ2) is 6.58. The lowest BCUT2D eigenvalue weighted by atomic mass is 10.1. The molecule has 3 N–H and O–H groups in total. The van der Waals surface area contributed by atoms with Gasteiger partial charge in [0.1, 0.15) is 0 Å². The summed E-state index contributed by atoms with van der Waals surface area (Å²) in [6.07, 6.45) is -4.48. The first-order valence-electron chi connectivity index (χ1n) is 5.68. The zero-order valence-electron chi connectivity index (χ0n) is 10.4. The van der Waals surface area contributed by atoms with Gasteiger partial charge in [-0.05, 0) is 18.2 Å². The molecule has 0 saturated heterocycles.